The zero-order chi connectivity index (χ0) is 27.5. The molecule has 0 spiro atoms. The van der Waals surface area contributed by atoms with E-state index in [1.807, 2.05) is 38.7 Å². The number of carbonyl (C=O) groups is 2. The van der Waals surface area contributed by atoms with E-state index in [4.69, 9.17) is 9.47 Å². The zero-order valence-electron chi connectivity index (χ0n) is 23.0. The van der Waals surface area contributed by atoms with E-state index in [2.05, 4.69) is 25.3 Å². The first-order chi connectivity index (χ1) is 18.6. The van der Waals surface area contributed by atoms with Crippen molar-refractivity contribution in [3.8, 4) is 5.75 Å². The third kappa shape index (κ3) is 4.57. The molecule has 12 nitrogen and oxygen atoms in total. The first kappa shape index (κ1) is 25.2. The highest BCUT2D eigenvalue weighted by molar-refractivity contribution is 6.03. The molecule has 2 atom stereocenters. The van der Waals surface area contributed by atoms with Crippen LogP contribution in [-0.4, -0.2) is 81.0 Å². The lowest BCUT2D eigenvalue weighted by Gasteiger charge is -2.42. The number of anilines is 3. The van der Waals surface area contributed by atoms with Gasteiger partial charge in [0, 0.05) is 43.1 Å². The molecule has 3 aromatic heterocycles. The molecule has 2 unspecified atom stereocenters. The van der Waals surface area contributed by atoms with E-state index in [0.29, 0.717) is 41.7 Å². The first-order valence-corrected chi connectivity index (χ1v) is 13.3. The molecular weight excluding hydrogens is 500 g/mol. The van der Waals surface area contributed by atoms with Gasteiger partial charge in [-0.25, -0.2) is 24.1 Å². The van der Waals surface area contributed by atoms with Crippen molar-refractivity contribution in [2.75, 3.05) is 41.9 Å². The molecule has 39 heavy (non-hydrogen) atoms. The topological polar surface area (TPSA) is 117 Å². The summed E-state index contributed by atoms with van der Waals surface area (Å²) in [6, 6.07) is 3.68. The molecule has 6 rings (SSSR count). The van der Waals surface area contributed by atoms with E-state index in [0.717, 1.165) is 37.2 Å². The van der Waals surface area contributed by atoms with E-state index in [1.54, 1.807) is 35.0 Å². The quantitative estimate of drug-likeness (QED) is 0.542. The molecule has 0 radical (unpaired) electrons. The molecule has 6 heterocycles. The van der Waals surface area contributed by atoms with E-state index < -0.39 is 5.60 Å². The van der Waals surface area contributed by atoms with Crippen LogP contribution in [0.5, 0.6) is 5.75 Å². The lowest BCUT2D eigenvalue weighted by Crippen LogP contribution is -2.57. The van der Waals surface area contributed by atoms with Gasteiger partial charge < -0.3 is 19.7 Å². The van der Waals surface area contributed by atoms with Crippen LogP contribution in [0.2, 0.25) is 0 Å². The van der Waals surface area contributed by atoms with Crippen LogP contribution in [0.3, 0.4) is 0 Å². The molecule has 0 aromatic carbocycles. The van der Waals surface area contributed by atoms with Gasteiger partial charge >= 0.3 is 12.1 Å². The van der Waals surface area contributed by atoms with Crippen LogP contribution < -0.4 is 19.9 Å². The standard InChI is InChI=1S/C27H34N8O4/c1-16-29-23-12-22(38-5)20(15-34(23)31-16)30-25(36)33-11-9-19-21(8-10-28-24(19)33)32-13-17-6-7-18(14-32)35(17)26(37)39-27(2,3)4/h8,10,12,15,17-18H,6-7,9,11,13-14H2,1-5H3,(H,30,36). The zero-order valence-corrected chi connectivity index (χ0v) is 23.0. The first-order valence-electron chi connectivity index (χ1n) is 13.3. The summed E-state index contributed by atoms with van der Waals surface area (Å²) in [6.07, 6.45) is 5.84. The van der Waals surface area contributed by atoms with Crippen molar-refractivity contribution in [2.45, 2.75) is 64.6 Å². The summed E-state index contributed by atoms with van der Waals surface area (Å²) in [4.78, 5) is 41.2. The third-order valence-electron chi connectivity index (χ3n) is 7.52. The van der Waals surface area contributed by atoms with Gasteiger partial charge in [0.1, 0.15) is 28.7 Å². The van der Waals surface area contributed by atoms with Crippen molar-refractivity contribution in [1.82, 2.24) is 24.5 Å². The normalized spacial score (nSPS) is 20.4. The summed E-state index contributed by atoms with van der Waals surface area (Å²) < 4.78 is 12.8. The van der Waals surface area contributed by atoms with Gasteiger partial charge in [-0.1, -0.05) is 0 Å². The second kappa shape index (κ2) is 9.28. The summed E-state index contributed by atoms with van der Waals surface area (Å²) in [7, 11) is 1.55. The number of fused-ring (bicyclic) bond motifs is 4. The number of methoxy groups -OCH3 is 1. The van der Waals surface area contributed by atoms with E-state index in [-0.39, 0.29) is 24.2 Å². The molecule has 2 bridgehead atoms. The number of aromatic nitrogens is 4. The predicted molar refractivity (Wildman–Crippen MR) is 146 cm³/mol. The molecule has 3 aromatic rings. The van der Waals surface area contributed by atoms with Gasteiger partial charge in [-0.05, 0) is 53.0 Å². The number of hydrogen-bond acceptors (Lipinski definition) is 8. The Kier molecular flexibility index (Phi) is 6.00. The number of amides is 3. The highest BCUT2D eigenvalue weighted by Gasteiger charge is 2.45. The number of pyridine rings is 2. The minimum absolute atomic E-state index is 0.103. The number of nitrogens with zero attached hydrogens (tertiary/aromatic N) is 7. The van der Waals surface area contributed by atoms with Gasteiger partial charge in [0.15, 0.2) is 5.65 Å². The Labute approximate surface area is 226 Å². The van der Waals surface area contributed by atoms with Crippen LogP contribution in [0.25, 0.3) is 5.65 Å². The van der Waals surface area contributed by atoms with Crippen molar-refractivity contribution in [3.63, 3.8) is 0 Å². The molecule has 0 aliphatic carbocycles. The third-order valence-corrected chi connectivity index (χ3v) is 7.52. The van der Waals surface area contributed by atoms with Crippen molar-refractivity contribution < 1.29 is 19.1 Å². The second-order valence-electron chi connectivity index (χ2n) is 11.4. The maximum absolute atomic E-state index is 13.4. The van der Waals surface area contributed by atoms with Crippen molar-refractivity contribution in [2.24, 2.45) is 0 Å². The molecular formula is C27H34N8O4. The number of hydrogen-bond donors (Lipinski definition) is 1. The van der Waals surface area contributed by atoms with E-state index in [1.165, 1.54) is 0 Å². The number of aryl methyl sites for hydroxylation is 1. The summed E-state index contributed by atoms with van der Waals surface area (Å²) in [5.41, 5.74) is 2.74. The Bertz CT molecular complexity index is 1430. The summed E-state index contributed by atoms with van der Waals surface area (Å²) in [5.74, 6) is 1.79. The largest absolute Gasteiger partial charge is 0.494 e. The molecule has 3 amide bonds. The Hall–Kier alpha value is -4.09. The van der Waals surface area contributed by atoms with Gasteiger partial charge in [-0.3, -0.25) is 9.80 Å². The summed E-state index contributed by atoms with van der Waals surface area (Å²) in [6.45, 7) is 9.48. The molecule has 2 fully saturated rings. The van der Waals surface area contributed by atoms with Gasteiger partial charge in [0.25, 0.3) is 0 Å². The molecule has 3 aliphatic rings. The van der Waals surface area contributed by atoms with Crippen molar-refractivity contribution in [1.29, 1.82) is 0 Å². The molecule has 1 N–H and O–H groups in total. The van der Waals surface area contributed by atoms with Crippen LogP contribution in [-0.2, 0) is 11.2 Å². The average molecular weight is 535 g/mol. The van der Waals surface area contributed by atoms with Crippen molar-refractivity contribution >= 4 is 35.0 Å². The Balaban J connectivity index is 1.21. The Morgan fingerprint density at radius 3 is 2.59 bits per heavy atom. The number of rotatable bonds is 3. The minimum Gasteiger partial charge on any atom is -0.494 e. The monoisotopic (exact) mass is 534 g/mol. The SMILES string of the molecule is COc1cc2nc(C)nn2cc1NC(=O)N1CCc2c(N3CC4CCC(C3)N4C(=O)OC(C)(C)C)ccnc21. The van der Waals surface area contributed by atoms with Crippen molar-refractivity contribution in [3.05, 3.63) is 35.9 Å². The Morgan fingerprint density at radius 1 is 1.15 bits per heavy atom. The van der Waals surface area contributed by atoms with Crippen LogP contribution in [0.4, 0.5) is 26.8 Å². The van der Waals surface area contributed by atoms with E-state index in [9.17, 15) is 9.59 Å². The predicted octanol–water partition coefficient (Wildman–Crippen LogP) is 3.62. The fourth-order valence-electron chi connectivity index (χ4n) is 5.95. The van der Waals surface area contributed by atoms with Crippen LogP contribution in [0.1, 0.15) is 45.0 Å². The average Bonchev–Trinajstić information content (AvgIpc) is 3.54. The summed E-state index contributed by atoms with van der Waals surface area (Å²) in [5, 5.41) is 7.31. The number of nitrogens with one attached hydrogen (secondary N) is 1. The maximum atomic E-state index is 13.4. The lowest BCUT2D eigenvalue weighted by molar-refractivity contribution is 0.0123. The molecule has 206 valence electrons. The minimum atomic E-state index is -0.520. The fourth-order valence-corrected chi connectivity index (χ4v) is 5.95. The van der Waals surface area contributed by atoms with Gasteiger partial charge in [0.05, 0.1) is 25.4 Å². The number of urea groups is 1. The summed E-state index contributed by atoms with van der Waals surface area (Å²) >= 11 is 0. The lowest BCUT2D eigenvalue weighted by atomic mass is 10.1. The van der Waals surface area contributed by atoms with Crippen LogP contribution in [0, 0.1) is 6.92 Å². The molecule has 3 aliphatic heterocycles. The number of ether oxygens (including phenoxy) is 2. The smallest absolute Gasteiger partial charge is 0.410 e. The molecule has 0 saturated carbocycles. The number of carbonyl (C=O) groups excluding carboxylic acids is 2. The van der Waals surface area contributed by atoms with Gasteiger partial charge in [-0.2, -0.15) is 5.10 Å². The fraction of sp³-hybridized carbons (Fsp3) is 0.519. The molecule has 12 heteroatoms. The second-order valence-corrected chi connectivity index (χ2v) is 11.4. The van der Waals surface area contributed by atoms with E-state index >= 15 is 0 Å². The van der Waals surface area contributed by atoms with Gasteiger partial charge in [0.2, 0.25) is 0 Å². The Morgan fingerprint density at radius 2 is 1.90 bits per heavy atom. The maximum Gasteiger partial charge on any atom is 0.410 e. The highest BCUT2D eigenvalue weighted by Crippen LogP contribution is 2.39. The number of piperazine rings is 1. The van der Waals surface area contributed by atoms with Crippen LogP contribution >= 0.6 is 0 Å². The van der Waals surface area contributed by atoms with Crippen LogP contribution in [0.15, 0.2) is 24.5 Å². The molecule has 2 saturated heterocycles. The van der Waals surface area contributed by atoms with Gasteiger partial charge in [-0.15, -0.1) is 0 Å². The highest BCUT2D eigenvalue weighted by atomic mass is 16.6.